The molecule has 7 aromatic rings. The van der Waals surface area contributed by atoms with Gasteiger partial charge in [0.15, 0.2) is 5.82 Å². The summed E-state index contributed by atoms with van der Waals surface area (Å²) in [6, 6.07) is 26.2. The minimum absolute atomic E-state index is 0.0666. The summed E-state index contributed by atoms with van der Waals surface area (Å²) in [5.41, 5.74) is 6.75. The van der Waals surface area contributed by atoms with Crippen LogP contribution in [-0.4, -0.2) is 86.9 Å². The second-order valence-electron chi connectivity index (χ2n) is 13.4. The molecule has 0 amide bonds. The summed E-state index contributed by atoms with van der Waals surface area (Å²) >= 11 is 1.60. The van der Waals surface area contributed by atoms with E-state index in [-0.39, 0.29) is 9.79 Å². The number of pyridine rings is 1. The molecule has 0 bridgehead atoms. The predicted octanol–water partition coefficient (Wildman–Crippen LogP) is 7.57. The maximum atomic E-state index is 10.5. The molecular weight excluding hydrogens is 787 g/mol. The Hall–Kier alpha value is -5.30. The standard InChI is InChI=1S/C26H27N7OS.2C7H8O3S/c1-18-22(21-16-20(10-13-33(21)31-18)34-15-14-32-11-6-3-7-12-32)26-29-23(19-8-4-2-5-9-19)24(35-26)25-27-17-28-30-25;2*1-6-2-4-7(5-3-6)11(8,9)10/h2,4-5,8-10,13,16-17H,3,6-7,11-12,14-15H2,1H3,(H,27,28,30);2*2-5H,1H3,(H,8,9,10). The number of rotatable bonds is 9. The molecule has 14 nitrogen and oxygen atoms in total. The molecule has 0 unspecified atom stereocenters. The van der Waals surface area contributed by atoms with E-state index in [1.807, 2.05) is 55.7 Å². The van der Waals surface area contributed by atoms with Crippen LogP contribution in [0.4, 0.5) is 0 Å². The molecule has 3 N–H and O–H groups in total. The molecule has 5 heterocycles. The van der Waals surface area contributed by atoms with Crippen LogP contribution in [0.25, 0.3) is 38.0 Å². The van der Waals surface area contributed by atoms with Crippen molar-refractivity contribution in [3.63, 3.8) is 0 Å². The Morgan fingerprint density at radius 3 is 1.98 bits per heavy atom. The summed E-state index contributed by atoms with van der Waals surface area (Å²) in [7, 11) is -8.04. The molecule has 8 rings (SSSR count). The molecule has 0 spiro atoms. The third-order valence-corrected chi connectivity index (χ3v) is 11.9. The van der Waals surface area contributed by atoms with Crippen LogP contribution in [0.1, 0.15) is 36.1 Å². The Bertz CT molecular complexity index is 2530. The second-order valence-corrected chi connectivity index (χ2v) is 17.2. The van der Waals surface area contributed by atoms with Crippen LogP contribution in [0.15, 0.2) is 113 Å². The van der Waals surface area contributed by atoms with Gasteiger partial charge in [-0.1, -0.05) is 72.1 Å². The van der Waals surface area contributed by atoms with Crippen molar-refractivity contribution >= 4 is 37.1 Å². The molecule has 0 radical (unpaired) electrons. The predicted molar refractivity (Wildman–Crippen MR) is 220 cm³/mol. The van der Waals surface area contributed by atoms with Crippen molar-refractivity contribution in [1.82, 2.24) is 34.7 Å². The highest BCUT2D eigenvalue weighted by molar-refractivity contribution is 7.86. The molecule has 1 fully saturated rings. The normalized spacial score (nSPS) is 13.4. The monoisotopic (exact) mass is 829 g/mol. The van der Waals surface area contributed by atoms with Gasteiger partial charge in [-0.05, 0) is 77.0 Å². The molecule has 17 heteroatoms. The van der Waals surface area contributed by atoms with Crippen LogP contribution >= 0.6 is 11.3 Å². The number of thiazole rings is 1. The number of fused-ring (bicyclic) bond motifs is 1. The Morgan fingerprint density at radius 2 is 1.42 bits per heavy atom. The van der Waals surface area contributed by atoms with Crippen LogP contribution < -0.4 is 4.74 Å². The van der Waals surface area contributed by atoms with Crippen LogP contribution in [0.3, 0.4) is 0 Å². The van der Waals surface area contributed by atoms with Crippen LogP contribution in [0.5, 0.6) is 5.75 Å². The molecule has 0 aliphatic carbocycles. The molecule has 1 aliphatic heterocycles. The molecular formula is C40H43N7O7S3. The lowest BCUT2D eigenvalue weighted by atomic mass is 10.1. The first kappa shape index (κ1) is 41.3. The second kappa shape index (κ2) is 18.3. The number of piperidine rings is 1. The van der Waals surface area contributed by atoms with Gasteiger partial charge in [-0.25, -0.2) is 9.50 Å². The Labute approximate surface area is 335 Å². The highest BCUT2D eigenvalue weighted by Gasteiger charge is 2.22. The average Bonchev–Trinajstić information content (AvgIpc) is 3.95. The number of aromatic amines is 1. The van der Waals surface area contributed by atoms with E-state index >= 15 is 0 Å². The number of nitrogens with zero attached hydrogens (tertiary/aromatic N) is 6. The highest BCUT2D eigenvalue weighted by Crippen LogP contribution is 2.41. The molecule has 298 valence electrons. The number of aryl methyl sites for hydroxylation is 3. The highest BCUT2D eigenvalue weighted by atomic mass is 32.2. The zero-order valence-corrected chi connectivity index (χ0v) is 34.1. The van der Waals surface area contributed by atoms with Gasteiger partial charge in [0, 0.05) is 24.4 Å². The van der Waals surface area contributed by atoms with E-state index in [1.165, 1.54) is 56.6 Å². The third kappa shape index (κ3) is 11.0. The van der Waals surface area contributed by atoms with Crippen molar-refractivity contribution in [2.24, 2.45) is 0 Å². The summed E-state index contributed by atoms with van der Waals surface area (Å²) in [5, 5.41) is 13.9. The lowest BCUT2D eigenvalue weighted by Gasteiger charge is -2.26. The third-order valence-electron chi connectivity index (χ3n) is 9.06. The number of benzene rings is 3. The first-order valence-corrected chi connectivity index (χ1v) is 21.8. The average molecular weight is 830 g/mol. The number of hydrogen-bond acceptors (Lipinski definition) is 11. The Balaban J connectivity index is 0.000000203. The van der Waals surface area contributed by atoms with Gasteiger partial charge >= 0.3 is 0 Å². The molecule has 57 heavy (non-hydrogen) atoms. The van der Waals surface area contributed by atoms with Crippen molar-refractivity contribution < 1.29 is 30.7 Å². The summed E-state index contributed by atoms with van der Waals surface area (Å²) in [4.78, 5) is 11.5. The number of aromatic nitrogens is 6. The van der Waals surface area contributed by atoms with E-state index in [0.29, 0.717) is 12.4 Å². The summed E-state index contributed by atoms with van der Waals surface area (Å²) in [6.45, 7) is 9.71. The van der Waals surface area contributed by atoms with Gasteiger partial charge in [-0.2, -0.15) is 21.9 Å². The number of likely N-dealkylation sites (tertiary alicyclic amines) is 1. The van der Waals surface area contributed by atoms with E-state index in [2.05, 4.69) is 38.3 Å². The van der Waals surface area contributed by atoms with Gasteiger partial charge in [0.25, 0.3) is 20.2 Å². The van der Waals surface area contributed by atoms with Gasteiger partial charge < -0.3 is 9.72 Å². The van der Waals surface area contributed by atoms with Crippen LogP contribution in [0, 0.1) is 20.8 Å². The van der Waals surface area contributed by atoms with Gasteiger partial charge in [0.1, 0.15) is 28.6 Å². The largest absolute Gasteiger partial charge is 0.492 e. The fraction of sp³-hybridized carbons (Fsp3) is 0.250. The van der Waals surface area contributed by atoms with Gasteiger partial charge in [0.2, 0.25) is 0 Å². The smallest absolute Gasteiger partial charge is 0.294 e. The van der Waals surface area contributed by atoms with Crippen molar-refractivity contribution in [2.75, 3.05) is 26.2 Å². The van der Waals surface area contributed by atoms with E-state index < -0.39 is 20.2 Å². The Morgan fingerprint density at radius 1 is 0.807 bits per heavy atom. The molecule has 1 aliphatic rings. The fourth-order valence-electron chi connectivity index (χ4n) is 6.09. The molecule has 0 atom stereocenters. The van der Waals surface area contributed by atoms with E-state index in [0.717, 1.165) is 61.3 Å². The van der Waals surface area contributed by atoms with Crippen LogP contribution in [0.2, 0.25) is 0 Å². The molecule has 4 aromatic heterocycles. The fourth-order valence-corrected chi connectivity index (χ4v) is 8.19. The van der Waals surface area contributed by atoms with Crippen molar-refractivity contribution in [2.45, 2.75) is 49.8 Å². The number of nitrogens with one attached hydrogen (secondary N) is 1. The lowest BCUT2D eigenvalue weighted by Crippen LogP contribution is -2.33. The van der Waals surface area contributed by atoms with E-state index in [4.69, 9.17) is 23.9 Å². The zero-order chi connectivity index (χ0) is 40.6. The van der Waals surface area contributed by atoms with Gasteiger partial charge in [0.05, 0.1) is 32.3 Å². The summed E-state index contributed by atoms with van der Waals surface area (Å²) in [6.07, 6.45) is 7.49. The van der Waals surface area contributed by atoms with Crippen molar-refractivity contribution in [3.05, 3.63) is 120 Å². The van der Waals surface area contributed by atoms with E-state index in [1.54, 1.807) is 41.9 Å². The van der Waals surface area contributed by atoms with Crippen molar-refractivity contribution in [3.8, 4) is 38.3 Å². The Kier molecular flexibility index (Phi) is 13.3. The topological polar surface area (TPSA) is 193 Å². The van der Waals surface area contributed by atoms with Gasteiger partial charge in [-0.15, -0.1) is 21.5 Å². The number of H-pyrrole nitrogens is 1. The zero-order valence-electron chi connectivity index (χ0n) is 31.6. The quantitative estimate of drug-likeness (QED) is 0.121. The molecule has 1 saturated heterocycles. The maximum absolute atomic E-state index is 10.5. The molecule has 0 saturated carbocycles. The minimum Gasteiger partial charge on any atom is -0.492 e. The van der Waals surface area contributed by atoms with Crippen LogP contribution in [-0.2, 0) is 20.2 Å². The molecule has 3 aromatic carbocycles. The van der Waals surface area contributed by atoms with Crippen molar-refractivity contribution in [1.29, 1.82) is 0 Å². The first-order chi connectivity index (χ1) is 27.3. The van der Waals surface area contributed by atoms with Gasteiger partial charge in [-0.3, -0.25) is 14.0 Å². The van der Waals surface area contributed by atoms with E-state index in [9.17, 15) is 16.8 Å². The number of hydrogen-bond donors (Lipinski definition) is 3. The maximum Gasteiger partial charge on any atom is 0.294 e. The first-order valence-electron chi connectivity index (χ1n) is 18.1. The SMILES string of the molecule is Cc1ccc(S(=O)(=O)O)cc1.Cc1ccc(S(=O)(=O)O)cc1.Cc1nn2ccc(OCCN3CCCCC3)cc2c1-c1nc(-c2ccccc2)c(-c2nnc[nH]2)s1. The minimum atomic E-state index is -4.02. The number of ether oxygens (including phenoxy) is 1. The lowest BCUT2D eigenvalue weighted by molar-refractivity contribution is 0.183. The summed E-state index contributed by atoms with van der Waals surface area (Å²) in [5.74, 6) is 1.56. The summed E-state index contributed by atoms with van der Waals surface area (Å²) < 4.78 is 67.2.